The second-order valence-corrected chi connectivity index (χ2v) is 6.91. The van der Waals surface area contributed by atoms with Gasteiger partial charge in [0.15, 0.2) is 0 Å². The molecule has 0 amide bonds. The Morgan fingerprint density at radius 1 is 1.50 bits per heavy atom. The van der Waals surface area contributed by atoms with Crippen molar-refractivity contribution in [2.45, 2.75) is 31.9 Å². The Morgan fingerprint density at radius 3 is 2.64 bits per heavy atom. The summed E-state index contributed by atoms with van der Waals surface area (Å²) < 4.78 is 25.3. The van der Waals surface area contributed by atoms with Crippen LogP contribution in [0.5, 0.6) is 0 Å². The van der Waals surface area contributed by atoms with E-state index in [2.05, 4.69) is 0 Å². The Bertz CT molecular complexity index is 277. The van der Waals surface area contributed by atoms with E-state index in [0.717, 1.165) is 12.8 Å². The monoisotopic (exact) mass is 239 g/mol. The first-order valence-electron chi connectivity index (χ1n) is 5.03. The quantitative estimate of drug-likeness (QED) is 0.703. The number of sulfonamides is 1. The lowest BCUT2D eigenvalue weighted by Gasteiger charge is -2.32. The lowest BCUT2D eigenvalue weighted by molar-refractivity contribution is 0.282. The fourth-order valence-corrected chi connectivity index (χ4v) is 3.33. The highest BCUT2D eigenvalue weighted by atomic mass is 35.5. The lowest BCUT2D eigenvalue weighted by Crippen LogP contribution is -2.43. The van der Waals surface area contributed by atoms with E-state index in [1.807, 2.05) is 0 Å². The van der Waals surface area contributed by atoms with Crippen LogP contribution in [0.15, 0.2) is 0 Å². The summed E-state index contributed by atoms with van der Waals surface area (Å²) in [6.07, 6.45) is 1.98. The van der Waals surface area contributed by atoms with Gasteiger partial charge in [-0.25, -0.2) is 12.7 Å². The highest BCUT2D eigenvalue weighted by molar-refractivity contribution is 7.89. The summed E-state index contributed by atoms with van der Waals surface area (Å²) in [4.78, 5) is 0. The van der Waals surface area contributed by atoms with Crippen molar-refractivity contribution in [2.24, 2.45) is 5.92 Å². The van der Waals surface area contributed by atoms with Crippen molar-refractivity contribution in [3.05, 3.63) is 0 Å². The second kappa shape index (κ2) is 4.81. The molecular weight excluding hydrogens is 222 g/mol. The molecule has 0 aromatic heterocycles. The van der Waals surface area contributed by atoms with Crippen LogP contribution in [0.4, 0.5) is 0 Å². The van der Waals surface area contributed by atoms with Gasteiger partial charge in [0.25, 0.3) is 0 Å². The predicted octanol–water partition coefficient (Wildman–Crippen LogP) is 1.68. The van der Waals surface area contributed by atoms with E-state index >= 15 is 0 Å². The molecule has 1 heterocycles. The van der Waals surface area contributed by atoms with Gasteiger partial charge in [0, 0.05) is 19.0 Å². The molecule has 1 rings (SSSR count). The highest BCUT2D eigenvalue weighted by Gasteiger charge is 2.30. The molecule has 0 aromatic rings. The number of piperidine rings is 1. The predicted molar refractivity (Wildman–Crippen MR) is 59.1 cm³/mol. The summed E-state index contributed by atoms with van der Waals surface area (Å²) in [5.74, 6) is 0.892. The molecule has 1 aliphatic heterocycles. The summed E-state index contributed by atoms with van der Waals surface area (Å²) >= 11 is 5.75. The van der Waals surface area contributed by atoms with Crippen LogP contribution in [0.25, 0.3) is 0 Å². The van der Waals surface area contributed by atoms with Gasteiger partial charge >= 0.3 is 0 Å². The molecular formula is C9H18ClNO2S. The van der Waals surface area contributed by atoms with E-state index in [9.17, 15) is 8.42 Å². The largest absolute Gasteiger partial charge is 0.216 e. The maximum absolute atomic E-state index is 11.8. The van der Waals surface area contributed by atoms with E-state index in [-0.39, 0.29) is 5.25 Å². The van der Waals surface area contributed by atoms with Gasteiger partial charge in [-0.05, 0) is 32.6 Å². The standard InChI is InChI=1S/C9H18ClNO2S/c1-8(2)14(12,13)11-5-3-4-9(6-10)7-11/h8-9H,3-7H2,1-2H3. The third-order valence-corrected chi connectivity index (χ3v) is 5.33. The van der Waals surface area contributed by atoms with Crippen molar-refractivity contribution in [1.29, 1.82) is 0 Å². The molecule has 1 unspecified atom stereocenters. The molecule has 0 aliphatic carbocycles. The van der Waals surface area contributed by atoms with E-state index in [1.165, 1.54) is 0 Å². The Kier molecular flexibility index (Phi) is 4.22. The number of hydrogen-bond acceptors (Lipinski definition) is 2. The van der Waals surface area contributed by atoms with E-state index in [0.29, 0.717) is 24.9 Å². The zero-order valence-corrected chi connectivity index (χ0v) is 10.3. The first-order valence-corrected chi connectivity index (χ1v) is 7.07. The molecule has 5 heteroatoms. The van der Waals surface area contributed by atoms with Crippen LogP contribution in [0, 0.1) is 5.92 Å². The number of hydrogen-bond donors (Lipinski definition) is 0. The van der Waals surface area contributed by atoms with Crippen LogP contribution in [0.3, 0.4) is 0 Å². The van der Waals surface area contributed by atoms with Crippen molar-refractivity contribution < 1.29 is 8.42 Å². The number of alkyl halides is 1. The molecule has 1 saturated heterocycles. The van der Waals surface area contributed by atoms with Crippen LogP contribution in [-0.4, -0.2) is 36.9 Å². The maximum atomic E-state index is 11.8. The second-order valence-electron chi connectivity index (χ2n) is 4.11. The zero-order valence-electron chi connectivity index (χ0n) is 8.74. The van der Waals surface area contributed by atoms with Crippen LogP contribution in [0.2, 0.25) is 0 Å². The minimum absolute atomic E-state index is 0.323. The van der Waals surface area contributed by atoms with E-state index in [1.54, 1.807) is 18.2 Å². The smallest absolute Gasteiger partial charge is 0.212 e. The number of nitrogens with zero attached hydrogens (tertiary/aromatic N) is 1. The summed E-state index contributed by atoms with van der Waals surface area (Å²) in [5.41, 5.74) is 0. The Balaban J connectivity index is 2.69. The minimum atomic E-state index is -3.07. The summed E-state index contributed by atoms with van der Waals surface area (Å²) in [7, 11) is -3.07. The molecule has 1 fully saturated rings. The molecule has 0 saturated carbocycles. The number of halogens is 1. The topological polar surface area (TPSA) is 37.4 Å². The van der Waals surface area contributed by atoms with Gasteiger partial charge in [-0.2, -0.15) is 0 Å². The van der Waals surface area contributed by atoms with Crippen molar-refractivity contribution in [3.8, 4) is 0 Å². The summed E-state index contributed by atoms with van der Waals surface area (Å²) in [6, 6.07) is 0. The molecule has 14 heavy (non-hydrogen) atoms. The van der Waals surface area contributed by atoms with Crippen LogP contribution < -0.4 is 0 Å². The molecule has 1 aliphatic rings. The van der Waals surface area contributed by atoms with Crippen molar-refractivity contribution in [2.75, 3.05) is 19.0 Å². The molecule has 3 nitrogen and oxygen atoms in total. The Labute approximate surface area is 91.5 Å². The van der Waals surface area contributed by atoms with Crippen molar-refractivity contribution in [1.82, 2.24) is 4.31 Å². The first-order chi connectivity index (χ1) is 6.48. The molecule has 0 bridgehead atoms. The van der Waals surface area contributed by atoms with Gasteiger partial charge in [0.05, 0.1) is 5.25 Å². The molecule has 0 radical (unpaired) electrons. The van der Waals surface area contributed by atoms with Gasteiger partial charge in [-0.3, -0.25) is 0 Å². The number of rotatable bonds is 3. The Morgan fingerprint density at radius 2 is 2.14 bits per heavy atom. The van der Waals surface area contributed by atoms with Crippen LogP contribution in [0.1, 0.15) is 26.7 Å². The van der Waals surface area contributed by atoms with Gasteiger partial charge < -0.3 is 0 Å². The lowest BCUT2D eigenvalue weighted by atomic mass is 10.0. The summed E-state index contributed by atoms with van der Waals surface area (Å²) in [6.45, 7) is 4.71. The third kappa shape index (κ3) is 2.61. The fraction of sp³-hybridized carbons (Fsp3) is 1.00. The summed E-state index contributed by atoms with van der Waals surface area (Å²) in [5, 5.41) is -0.323. The van der Waals surface area contributed by atoms with Gasteiger partial charge in [-0.15, -0.1) is 11.6 Å². The highest BCUT2D eigenvalue weighted by Crippen LogP contribution is 2.21. The molecule has 1 atom stereocenters. The van der Waals surface area contributed by atoms with Gasteiger partial charge in [0.2, 0.25) is 10.0 Å². The molecule has 0 spiro atoms. The molecule has 84 valence electrons. The van der Waals surface area contributed by atoms with Crippen molar-refractivity contribution >= 4 is 21.6 Å². The average Bonchev–Trinajstić information content (AvgIpc) is 2.17. The van der Waals surface area contributed by atoms with Gasteiger partial charge in [0.1, 0.15) is 0 Å². The van der Waals surface area contributed by atoms with E-state index < -0.39 is 10.0 Å². The average molecular weight is 240 g/mol. The van der Waals surface area contributed by atoms with E-state index in [4.69, 9.17) is 11.6 Å². The first kappa shape index (κ1) is 12.3. The molecule has 0 N–H and O–H groups in total. The van der Waals surface area contributed by atoms with Crippen molar-refractivity contribution in [3.63, 3.8) is 0 Å². The minimum Gasteiger partial charge on any atom is -0.212 e. The SMILES string of the molecule is CC(C)S(=O)(=O)N1CCCC(CCl)C1. The van der Waals surface area contributed by atoms with Crippen LogP contribution in [-0.2, 0) is 10.0 Å². The molecule has 0 aromatic carbocycles. The zero-order chi connectivity index (χ0) is 10.8. The normalized spacial score (nSPS) is 25.6. The maximum Gasteiger partial charge on any atom is 0.216 e. The Hall–Kier alpha value is 0.200. The third-order valence-electron chi connectivity index (χ3n) is 2.66. The van der Waals surface area contributed by atoms with Gasteiger partial charge in [-0.1, -0.05) is 0 Å². The fourth-order valence-electron chi connectivity index (χ4n) is 1.68. The van der Waals surface area contributed by atoms with Crippen LogP contribution >= 0.6 is 11.6 Å².